The number of hydrogen-bond acceptors (Lipinski definition) is 2. The summed E-state index contributed by atoms with van der Waals surface area (Å²) in [7, 11) is 0. The van der Waals surface area contributed by atoms with Crippen molar-refractivity contribution in [3.8, 4) is 10.6 Å². The van der Waals surface area contributed by atoms with E-state index >= 15 is 0 Å². The average molecular weight is 329 g/mol. The Morgan fingerprint density at radius 2 is 1.95 bits per heavy atom. The van der Waals surface area contributed by atoms with Gasteiger partial charge in [-0.15, -0.1) is 11.3 Å². The van der Waals surface area contributed by atoms with E-state index in [1.165, 1.54) is 25.7 Å². The van der Waals surface area contributed by atoms with Crippen molar-refractivity contribution in [1.82, 2.24) is 9.97 Å². The molecule has 0 spiro atoms. The Kier molecular flexibility index (Phi) is 2.47. The van der Waals surface area contributed by atoms with Crippen LogP contribution < -0.4 is 0 Å². The van der Waals surface area contributed by atoms with E-state index in [-0.39, 0.29) is 0 Å². The SMILES string of the molecule is Brc1ccc2c(ccc3cc(-c4cnc[nH]4)sc32)c1. The van der Waals surface area contributed by atoms with E-state index in [1.807, 2.05) is 6.20 Å². The maximum atomic E-state index is 4.09. The highest BCUT2D eigenvalue weighted by molar-refractivity contribution is 9.10. The minimum atomic E-state index is 1.08. The molecule has 0 aliphatic heterocycles. The molecule has 4 aromatic rings. The van der Waals surface area contributed by atoms with Crippen molar-refractivity contribution in [2.24, 2.45) is 0 Å². The summed E-state index contributed by atoms with van der Waals surface area (Å²) in [5.74, 6) is 0. The Morgan fingerprint density at radius 3 is 2.79 bits per heavy atom. The number of rotatable bonds is 1. The summed E-state index contributed by atoms with van der Waals surface area (Å²) in [5, 5.41) is 3.85. The van der Waals surface area contributed by atoms with E-state index in [1.54, 1.807) is 17.7 Å². The molecule has 19 heavy (non-hydrogen) atoms. The molecule has 2 aromatic heterocycles. The smallest absolute Gasteiger partial charge is 0.0924 e. The first kappa shape index (κ1) is 11.2. The van der Waals surface area contributed by atoms with E-state index < -0.39 is 0 Å². The summed E-state index contributed by atoms with van der Waals surface area (Å²) in [6.45, 7) is 0. The van der Waals surface area contributed by atoms with Crippen LogP contribution in [0.4, 0.5) is 0 Å². The number of aromatic nitrogens is 2. The van der Waals surface area contributed by atoms with Crippen LogP contribution in [0.5, 0.6) is 0 Å². The van der Waals surface area contributed by atoms with Crippen molar-refractivity contribution in [2.45, 2.75) is 0 Å². The summed E-state index contributed by atoms with van der Waals surface area (Å²) in [4.78, 5) is 8.48. The molecule has 1 N–H and O–H groups in total. The number of thiophene rings is 1. The summed E-state index contributed by atoms with van der Waals surface area (Å²) in [6, 6.07) is 13.0. The van der Waals surface area contributed by atoms with Gasteiger partial charge in [0.05, 0.1) is 23.1 Å². The molecule has 0 amide bonds. The Hall–Kier alpha value is -1.65. The van der Waals surface area contributed by atoms with Gasteiger partial charge in [-0.25, -0.2) is 4.98 Å². The zero-order chi connectivity index (χ0) is 12.8. The highest BCUT2D eigenvalue weighted by atomic mass is 79.9. The third-order valence-electron chi connectivity index (χ3n) is 3.23. The Bertz CT molecular complexity index is 878. The molecule has 0 atom stereocenters. The van der Waals surface area contributed by atoms with Gasteiger partial charge >= 0.3 is 0 Å². The van der Waals surface area contributed by atoms with Crippen LogP contribution in [0.25, 0.3) is 31.4 Å². The topological polar surface area (TPSA) is 28.7 Å². The van der Waals surface area contributed by atoms with Crippen LogP contribution in [-0.4, -0.2) is 9.97 Å². The van der Waals surface area contributed by atoms with Crippen LogP contribution in [0.15, 0.2) is 53.4 Å². The predicted molar refractivity (Wildman–Crippen MR) is 84.6 cm³/mol. The number of halogens is 1. The minimum absolute atomic E-state index is 1.08. The van der Waals surface area contributed by atoms with Gasteiger partial charge in [0.2, 0.25) is 0 Å². The van der Waals surface area contributed by atoms with Gasteiger partial charge in [0, 0.05) is 9.17 Å². The van der Waals surface area contributed by atoms with Gasteiger partial charge in [-0.1, -0.05) is 34.1 Å². The zero-order valence-electron chi connectivity index (χ0n) is 9.85. The average Bonchev–Trinajstić information content (AvgIpc) is 3.06. The van der Waals surface area contributed by atoms with E-state index in [9.17, 15) is 0 Å². The first-order valence-corrected chi connectivity index (χ1v) is 7.53. The van der Waals surface area contributed by atoms with Crippen LogP contribution in [0.1, 0.15) is 0 Å². The molecule has 92 valence electrons. The highest BCUT2D eigenvalue weighted by Gasteiger charge is 2.08. The fourth-order valence-electron chi connectivity index (χ4n) is 2.32. The molecule has 2 nitrogen and oxygen atoms in total. The monoisotopic (exact) mass is 328 g/mol. The summed E-state index contributed by atoms with van der Waals surface area (Å²) in [5.41, 5.74) is 1.08. The van der Waals surface area contributed by atoms with Gasteiger partial charge in [-0.05, 0) is 34.4 Å². The van der Waals surface area contributed by atoms with Gasteiger partial charge in [-0.2, -0.15) is 0 Å². The third-order valence-corrected chi connectivity index (χ3v) is 4.94. The van der Waals surface area contributed by atoms with Crippen LogP contribution in [-0.2, 0) is 0 Å². The lowest BCUT2D eigenvalue weighted by Crippen LogP contribution is -1.72. The molecule has 0 aliphatic rings. The number of aromatic amines is 1. The maximum Gasteiger partial charge on any atom is 0.0924 e. The lowest BCUT2D eigenvalue weighted by Gasteiger charge is -1.99. The second kappa shape index (κ2) is 4.18. The minimum Gasteiger partial charge on any atom is -0.344 e. The fraction of sp³-hybridized carbons (Fsp3) is 0. The van der Waals surface area contributed by atoms with Crippen LogP contribution in [0, 0.1) is 0 Å². The number of benzene rings is 2. The molecule has 4 heteroatoms. The molecule has 0 aliphatic carbocycles. The maximum absolute atomic E-state index is 4.09. The first-order chi connectivity index (χ1) is 9.31. The van der Waals surface area contributed by atoms with Crippen molar-refractivity contribution >= 4 is 48.1 Å². The van der Waals surface area contributed by atoms with E-state index in [4.69, 9.17) is 0 Å². The molecule has 0 saturated carbocycles. The van der Waals surface area contributed by atoms with Crippen molar-refractivity contribution in [3.63, 3.8) is 0 Å². The van der Waals surface area contributed by atoms with Gasteiger partial charge < -0.3 is 4.98 Å². The van der Waals surface area contributed by atoms with Gasteiger partial charge in [0.1, 0.15) is 0 Å². The molecule has 0 fully saturated rings. The third kappa shape index (κ3) is 1.79. The molecule has 4 rings (SSSR count). The number of hydrogen-bond donors (Lipinski definition) is 1. The normalized spacial score (nSPS) is 11.4. The van der Waals surface area contributed by atoms with Crippen LogP contribution >= 0.6 is 27.3 Å². The number of nitrogens with zero attached hydrogens (tertiary/aromatic N) is 1. The summed E-state index contributed by atoms with van der Waals surface area (Å²) < 4.78 is 2.44. The van der Waals surface area contributed by atoms with E-state index in [2.05, 4.69) is 62.3 Å². The Labute approximate surface area is 122 Å². The van der Waals surface area contributed by atoms with Crippen molar-refractivity contribution < 1.29 is 0 Å². The van der Waals surface area contributed by atoms with Crippen molar-refractivity contribution in [3.05, 3.63) is 53.4 Å². The Morgan fingerprint density at radius 1 is 1.05 bits per heavy atom. The summed E-state index contributed by atoms with van der Waals surface area (Å²) in [6.07, 6.45) is 3.58. The molecule has 0 radical (unpaired) electrons. The highest BCUT2D eigenvalue weighted by Crippen LogP contribution is 2.37. The number of nitrogens with one attached hydrogen (secondary N) is 1. The second-order valence-electron chi connectivity index (χ2n) is 4.43. The van der Waals surface area contributed by atoms with Gasteiger partial charge in [0.15, 0.2) is 0 Å². The Balaban J connectivity index is 2.05. The summed E-state index contributed by atoms with van der Waals surface area (Å²) >= 11 is 5.33. The predicted octanol–water partition coefficient (Wildman–Crippen LogP) is 5.21. The number of H-pyrrole nitrogens is 1. The van der Waals surface area contributed by atoms with Crippen molar-refractivity contribution in [1.29, 1.82) is 0 Å². The largest absolute Gasteiger partial charge is 0.344 e. The fourth-order valence-corrected chi connectivity index (χ4v) is 3.87. The second-order valence-corrected chi connectivity index (χ2v) is 6.39. The molecule has 0 saturated heterocycles. The lowest BCUT2D eigenvalue weighted by atomic mass is 10.1. The van der Waals surface area contributed by atoms with Crippen LogP contribution in [0.2, 0.25) is 0 Å². The quantitative estimate of drug-likeness (QED) is 0.510. The van der Waals surface area contributed by atoms with Gasteiger partial charge in [-0.3, -0.25) is 0 Å². The standard InChI is InChI=1S/C15H9BrN2S/c16-11-3-4-12-9(5-11)1-2-10-6-14(19-15(10)12)13-7-17-8-18-13/h1-8H,(H,17,18). The number of imidazole rings is 1. The van der Waals surface area contributed by atoms with E-state index in [0.717, 1.165) is 10.2 Å². The molecule has 0 bridgehead atoms. The lowest BCUT2D eigenvalue weighted by molar-refractivity contribution is 1.32. The molecule has 0 unspecified atom stereocenters. The van der Waals surface area contributed by atoms with E-state index in [0.29, 0.717) is 0 Å². The molecule has 2 aromatic carbocycles. The molecular weight excluding hydrogens is 320 g/mol. The first-order valence-electron chi connectivity index (χ1n) is 5.92. The molecule has 2 heterocycles. The van der Waals surface area contributed by atoms with Gasteiger partial charge in [0.25, 0.3) is 0 Å². The van der Waals surface area contributed by atoms with Crippen molar-refractivity contribution in [2.75, 3.05) is 0 Å². The van der Waals surface area contributed by atoms with Crippen LogP contribution in [0.3, 0.4) is 0 Å². The number of fused-ring (bicyclic) bond motifs is 3. The zero-order valence-corrected chi connectivity index (χ0v) is 12.3. The molecular formula is C15H9BrN2S.